The first-order chi connectivity index (χ1) is 13.8. The Labute approximate surface area is 169 Å². The fourth-order valence-corrected chi connectivity index (χ4v) is 4.49. The van der Waals surface area contributed by atoms with Gasteiger partial charge >= 0.3 is 0 Å². The molecular formula is C24H23FN2O2. The van der Waals surface area contributed by atoms with Gasteiger partial charge in [-0.1, -0.05) is 18.2 Å². The van der Waals surface area contributed by atoms with Crippen LogP contribution in [-0.2, 0) is 17.6 Å². The largest absolute Gasteiger partial charge is 0.366 e. The van der Waals surface area contributed by atoms with Gasteiger partial charge in [-0.2, -0.15) is 0 Å². The summed E-state index contributed by atoms with van der Waals surface area (Å²) in [6.07, 6.45) is 3.57. The van der Waals surface area contributed by atoms with Crippen LogP contribution < -0.4 is 10.6 Å². The van der Waals surface area contributed by atoms with E-state index in [1.807, 2.05) is 32.0 Å². The average molecular weight is 390 g/mol. The number of hydrogen-bond donors (Lipinski definition) is 1. The third kappa shape index (κ3) is 2.97. The van der Waals surface area contributed by atoms with Gasteiger partial charge in [0.2, 0.25) is 11.8 Å². The number of hydrogen-bond acceptors (Lipinski definition) is 2. The molecule has 2 aromatic carbocycles. The second-order valence-electron chi connectivity index (χ2n) is 7.72. The zero-order chi connectivity index (χ0) is 20.9. The summed E-state index contributed by atoms with van der Waals surface area (Å²) >= 11 is 0. The lowest BCUT2D eigenvalue weighted by Gasteiger charge is -2.29. The van der Waals surface area contributed by atoms with Crippen molar-refractivity contribution in [1.29, 1.82) is 0 Å². The predicted octanol–water partition coefficient (Wildman–Crippen LogP) is 4.41. The molecule has 148 valence electrons. The monoisotopic (exact) mass is 390 g/mol. The van der Waals surface area contributed by atoms with Gasteiger partial charge in [-0.15, -0.1) is 0 Å². The maximum atomic E-state index is 15.2. The highest BCUT2D eigenvalue weighted by molar-refractivity contribution is 6.03. The SMILES string of the molecule is C=CC(=O)N1CCCc2cc(-c3c(F)cc(C(N)=O)c4c3C(C)=C(C)C4)ccc21. The van der Waals surface area contributed by atoms with Gasteiger partial charge < -0.3 is 10.6 Å². The highest BCUT2D eigenvalue weighted by atomic mass is 19.1. The Hall–Kier alpha value is -3.21. The summed E-state index contributed by atoms with van der Waals surface area (Å²) in [5.41, 5.74) is 12.5. The van der Waals surface area contributed by atoms with Crippen LogP contribution in [0.4, 0.5) is 10.1 Å². The molecule has 2 aliphatic rings. The highest BCUT2D eigenvalue weighted by Gasteiger charge is 2.29. The number of amides is 2. The van der Waals surface area contributed by atoms with Gasteiger partial charge in [0.1, 0.15) is 5.82 Å². The second-order valence-corrected chi connectivity index (χ2v) is 7.72. The minimum absolute atomic E-state index is 0.133. The lowest BCUT2D eigenvalue weighted by molar-refractivity contribution is -0.114. The average Bonchev–Trinajstić information content (AvgIpc) is 3.00. The Morgan fingerprint density at radius 1 is 1.21 bits per heavy atom. The molecule has 0 fully saturated rings. The summed E-state index contributed by atoms with van der Waals surface area (Å²) in [5.74, 6) is -1.20. The molecule has 1 aliphatic carbocycles. The van der Waals surface area contributed by atoms with Crippen LogP contribution in [0.1, 0.15) is 47.3 Å². The highest BCUT2D eigenvalue weighted by Crippen LogP contribution is 2.43. The molecule has 2 amide bonds. The van der Waals surface area contributed by atoms with E-state index in [1.165, 1.54) is 12.1 Å². The van der Waals surface area contributed by atoms with Crippen molar-refractivity contribution >= 4 is 23.1 Å². The molecule has 0 unspecified atom stereocenters. The van der Waals surface area contributed by atoms with E-state index in [4.69, 9.17) is 5.73 Å². The molecule has 0 bridgehead atoms. The summed E-state index contributed by atoms with van der Waals surface area (Å²) in [5, 5.41) is 0. The maximum Gasteiger partial charge on any atom is 0.250 e. The standard InChI is InChI=1S/C24H23FN2O2/c1-4-21(28)27-9-5-6-15-11-16(7-8-20(15)27)23-19(25)12-18(24(26)29)17-10-13(2)14(3)22(17)23/h4,7-8,11-12H,1,5-6,9-10H2,2-3H3,(H2,26,29). The zero-order valence-electron chi connectivity index (χ0n) is 16.6. The van der Waals surface area contributed by atoms with Gasteiger partial charge in [0, 0.05) is 23.4 Å². The molecule has 1 aliphatic heterocycles. The summed E-state index contributed by atoms with van der Waals surface area (Å²) < 4.78 is 15.2. The van der Waals surface area contributed by atoms with Gasteiger partial charge in [-0.25, -0.2) is 4.39 Å². The molecule has 0 atom stereocenters. The van der Waals surface area contributed by atoms with Crippen molar-refractivity contribution in [2.45, 2.75) is 33.1 Å². The number of benzene rings is 2. The minimum atomic E-state index is -0.613. The van der Waals surface area contributed by atoms with Crippen LogP contribution in [0.15, 0.2) is 42.5 Å². The van der Waals surface area contributed by atoms with E-state index in [-0.39, 0.29) is 11.5 Å². The molecule has 4 nitrogen and oxygen atoms in total. The van der Waals surface area contributed by atoms with Crippen molar-refractivity contribution < 1.29 is 14.0 Å². The number of nitrogens with two attached hydrogens (primary N) is 1. The topological polar surface area (TPSA) is 63.4 Å². The predicted molar refractivity (Wildman–Crippen MR) is 113 cm³/mol. The zero-order valence-corrected chi connectivity index (χ0v) is 16.6. The molecule has 4 rings (SSSR count). The molecule has 0 spiro atoms. The van der Waals surface area contributed by atoms with Crippen molar-refractivity contribution in [3.8, 4) is 11.1 Å². The Bertz CT molecular complexity index is 1110. The van der Waals surface area contributed by atoms with Crippen molar-refractivity contribution in [3.63, 3.8) is 0 Å². The van der Waals surface area contributed by atoms with Gasteiger partial charge in [0.25, 0.3) is 0 Å². The Kier molecular flexibility index (Phi) is 4.61. The van der Waals surface area contributed by atoms with E-state index in [2.05, 4.69) is 6.58 Å². The van der Waals surface area contributed by atoms with E-state index in [0.29, 0.717) is 18.5 Å². The molecule has 5 heteroatoms. The molecule has 0 radical (unpaired) electrons. The number of allylic oxidation sites excluding steroid dienone is 2. The first-order valence-corrected chi connectivity index (χ1v) is 9.72. The fraction of sp³-hybridized carbons (Fsp3) is 0.250. The number of fused-ring (bicyclic) bond motifs is 2. The molecule has 0 aromatic heterocycles. The number of nitrogens with zero attached hydrogens (tertiary/aromatic N) is 1. The molecular weight excluding hydrogens is 367 g/mol. The van der Waals surface area contributed by atoms with Crippen LogP contribution in [0.25, 0.3) is 16.7 Å². The van der Waals surface area contributed by atoms with Gasteiger partial charge in [-0.05, 0) is 85.2 Å². The van der Waals surface area contributed by atoms with Crippen LogP contribution in [-0.4, -0.2) is 18.4 Å². The Morgan fingerprint density at radius 3 is 2.66 bits per heavy atom. The molecule has 2 aromatic rings. The summed E-state index contributed by atoms with van der Waals surface area (Å²) in [7, 11) is 0. The lowest BCUT2D eigenvalue weighted by atomic mass is 9.88. The van der Waals surface area contributed by atoms with Crippen LogP contribution >= 0.6 is 0 Å². The number of halogens is 1. The van der Waals surface area contributed by atoms with Crippen LogP contribution in [0.5, 0.6) is 0 Å². The van der Waals surface area contributed by atoms with E-state index >= 15 is 4.39 Å². The number of carbonyl (C=O) groups excluding carboxylic acids is 2. The lowest BCUT2D eigenvalue weighted by Crippen LogP contribution is -2.34. The number of primary amides is 1. The first-order valence-electron chi connectivity index (χ1n) is 9.72. The normalized spacial score (nSPS) is 15.2. The Morgan fingerprint density at radius 2 is 1.97 bits per heavy atom. The second kappa shape index (κ2) is 6.99. The number of anilines is 1. The number of carbonyl (C=O) groups is 2. The molecule has 1 heterocycles. The smallest absolute Gasteiger partial charge is 0.250 e. The van der Waals surface area contributed by atoms with E-state index in [1.54, 1.807) is 4.90 Å². The fourth-order valence-electron chi connectivity index (χ4n) is 4.49. The van der Waals surface area contributed by atoms with Crippen LogP contribution in [0.2, 0.25) is 0 Å². The Balaban J connectivity index is 1.91. The number of rotatable bonds is 3. The van der Waals surface area contributed by atoms with E-state index in [0.717, 1.165) is 51.9 Å². The summed E-state index contributed by atoms with van der Waals surface area (Å²) in [6, 6.07) is 6.94. The molecule has 2 N–H and O–H groups in total. The molecule has 0 saturated carbocycles. The maximum absolute atomic E-state index is 15.2. The summed E-state index contributed by atoms with van der Waals surface area (Å²) in [4.78, 5) is 25.8. The minimum Gasteiger partial charge on any atom is -0.366 e. The number of aryl methyl sites for hydroxylation is 1. The third-order valence-corrected chi connectivity index (χ3v) is 6.04. The van der Waals surface area contributed by atoms with Crippen molar-refractivity contribution in [1.82, 2.24) is 0 Å². The summed E-state index contributed by atoms with van der Waals surface area (Å²) in [6.45, 7) is 8.18. The molecule has 0 saturated heterocycles. The van der Waals surface area contributed by atoms with Crippen LogP contribution in [0, 0.1) is 5.82 Å². The van der Waals surface area contributed by atoms with E-state index < -0.39 is 11.7 Å². The van der Waals surface area contributed by atoms with Crippen LogP contribution in [0.3, 0.4) is 0 Å². The van der Waals surface area contributed by atoms with Gasteiger partial charge in [0.15, 0.2) is 0 Å². The van der Waals surface area contributed by atoms with Gasteiger partial charge in [-0.3, -0.25) is 9.59 Å². The van der Waals surface area contributed by atoms with E-state index in [9.17, 15) is 9.59 Å². The van der Waals surface area contributed by atoms with Crippen molar-refractivity contribution in [2.24, 2.45) is 5.73 Å². The van der Waals surface area contributed by atoms with Gasteiger partial charge in [0.05, 0.1) is 0 Å². The molecule has 29 heavy (non-hydrogen) atoms. The first kappa shape index (κ1) is 19.1. The van der Waals surface area contributed by atoms with Crippen molar-refractivity contribution in [2.75, 3.05) is 11.4 Å². The van der Waals surface area contributed by atoms with Crippen molar-refractivity contribution in [3.05, 3.63) is 70.6 Å². The third-order valence-electron chi connectivity index (χ3n) is 6.04. The quantitative estimate of drug-likeness (QED) is 0.789.